The minimum absolute atomic E-state index is 0.0193. The molecule has 3 aliphatic rings. The van der Waals surface area contributed by atoms with E-state index >= 15 is 0 Å². The summed E-state index contributed by atoms with van der Waals surface area (Å²) in [5, 5.41) is 0.520. The highest BCUT2D eigenvalue weighted by molar-refractivity contribution is 7.15. The van der Waals surface area contributed by atoms with Gasteiger partial charge in [0, 0.05) is 36.0 Å². The molecule has 1 fully saturated rings. The molecule has 0 bridgehead atoms. The number of carbonyl (C=O) groups excluding carboxylic acids is 1. The third-order valence-electron chi connectivity index (χ3n) is 8.53. The summed E-state index contributed by atoms with van der Waals surface area (Å²) in [4.78, 5) is 32.0. The fourth-order valence-corrected chi connectivity index (χ4v) is 7.46. The molecule has 3 aromatic rings. The van der Waals surface area contributed by atoms with E-state index in [-0.39, 0.29) is 34.3 Å². The molecule has 1 saturated heterocycles. The number of nitrogens with zero attached hydrogens (tertiary/aromatic N) is 5. The summed E-state index contributed by atoms with van der Waals surface area (Å²) in [6.45, 7) is 6.69. The Morgan fingerprint density at radius 2 is 1.95 bits per heavy atom. The molecule has 1 amide bonds. The average molecular weight is 535 g/mol. The van der Waals surface area contributed by atoms with Crippen molar-refractivity contribution in [2.24, 2.45) is 11.1 Å². The second kappa shape index (κ2) is 8.81. The number of nitrogen functional groups attached to an aromatic ring is 2. The van der Waals surface area contributed by atoms with Crippen LogP contribution in [0.1, 0.15) is 64.9 Å². The van der Waals surface area contributed by atoms with Gasteiger partial charge in [0.15, 0.2) is 16.6 Å². The number of anilines is 3. The minimum atomic E-state index is -0.310. The molecule has 1 spiro atoms. The van der Waals surface area contributed by atoms with Crippen molar-refractivity contribution in [1.29, 1.82) is 0 Å². The van der Waals surface area contributed by atoms with Crippen LogP contribution in [0.15, 0.2) is 24.4 Å². The number of aromatic nitrogens is 3. The van der Waals surface area contributed by atoms with Gasteiger partial charge in [-0.3, -0.25) is 4.79 Å². The van der Waals surface area contributed by atoms with Crippen LogP contribution in [0.5, 0.6) is 5.75 Å². The number of carbonyl (C=O) groups is 1. The van der Waals surface area contributed by atoms with Gasteiger partial charge in [0.25, 0.3) is 5.91 Å². The molecule has 1 aromatic carbocycles. The number of hydrogen-bond acceptors (Lipinski definition) is 10. The third-order valence-corrected chi connectivity index (χ3v) is 9.39. The molecule has 6 N–H and O–H groups in total. The predicted molar refractivity (Wildman–Crippen MR) is 148 cm³/mol. The largest absolute Gasteiger partial charge is 0.497 e. The van der Waals surface area contributed by atoms with Crippen molar-refractivity contribution in [2.75, 3.05) is 43.1 Å². The van der Waals surface area contributed by atoms with Gasteiger partial charge in [-0.2, -0.15) is 0 Å². The lowest BCUT2D eigenvalue weighted by atomic mass is 9.73. The Kier molecular flexibility index (Phi) is 5.76. The van der Waals surface area contributed by atoms with Crippen LogP contribution in [0.2, 0.25) is 0 Å². The Morgan fingerprint density at radius 1 is 1.18 bits per heavy atom. The molecule has 38 heavy (non-hydrogen) atoms. The number of rotatable bonds is 3. The molecular formula is C27H34N8O2S. The first-order valence-corrected chi connectivity index (χ1v) is 13.8. The molecule has 2 aromatic heterocycles. The van der Waals surface area contributed by atoms with Gasteiger partial charge in [-0.15, -0.1) is 11.3 Å². The minimum Gasteiger partial charge on any atom is -0.497 e. The summed E-state index contributed by atoms with van der Waals surface area (Å²) >= 11 is 1.42. The summed E-state index contributed by atoms with van der Waals surface area (Å²) in [6.07, 6.45) is 4.52. The number of piperidine rings is 1. The maximum atomic E-state index is 13.4. The van der Waals surface area contributed by atoms with E-state index < -0.39 is 0 Å². The van der Waals surface area contributed by atoms with Crippen LogP contribution in [0.3, 0.4) is 0 Å². The summed E-state index contributed by atoms with van der Waals surface area (Å²) in [7, 11) is 1.68. The predicted octanol–water partition coefficient (Wildman–Crippen LogP) is 2.88. The summed E-state index contributed by atoms with van der Waals surface area (Å²) in [5.74, 6) is 1.46. The molecule has 11 heteroatoms. The molecule has 1 atom stereocenters. The van der Waals surface area contributed by atoms with E-state index in [0.717, 1.165) is 48.7 Å². The van der Waals surface area contributed by atoms with Crippen molar-refractivity contribution in [3.05, 3.63) is 51.8 Å². The number of nitrogens with two attached hydrogens (primary N) is 3. The quantitative estimate of drug-likeness (QED) is 0.461. The molecule has 0 radical (unpaired) electrons. The second-order valence-corrected chi connectivity index (χ2v) is 12.5. The van der Waals surface area contributed by atoms with Crippen LogP contribution in [0, 0.1) is 5.41 Å². The SMILES string of the molecule is COc1ccc2c(c1)C(N)C1(CCN(c3cnc(C(=O)N4Cc5sc(N)nc5C(C)(C)C4)c(N)n3)CC1)C2. The highest BCUT2D eigenvalue weighted by Crippen LogP contribution is 2.51. The van der Waals surface area contributed by atoms with Gasteiger partial charge in [-0.05, 0) is 47.9 Å². The third kappa shape index (κ3) is 3.95. The monoisotopic (exact) mass is 534 g/mol. The van der Waals surface area contributed by atoms with Crippen molar-refractivity contribution in [3.8, 4) is 5.75 Å². The lowest BCUT2D eigenvalue weighted by Gasteiger charge is -2.42. The molecule has 2 aliphatic heterocycles. The van der Waals surface area contributed by atoms with E-state index in [1.807, 2.05) is 6.07 Å². The zero-order valence-corrected chi connectivity index (χ0v) is 22.8. The number of benzene rings is 1. The second-order valence-electron chi connectivity index (χ2n) is 11.4. The van der Waals surface area contributed by atoms with Gasteiger partial charge < -0.3 is 31.7 Å². The topological polar surface area (TPSA) is 150 Å². The summed E-state index contributed by atoms with van der Waals surface area (Å²) < 4.78 is 5.42. The van der Waals surface area contributed by atoms with Crippen LogP contribution >= 0.6 is 11.3 Å². The molecule has 6 rings (SSSR count). The summed E-state index contributed by atoms with van der Waals surface area (Å²) in [5.41, 5.74) is 22.4. The lowest BCUT2D eigenvalue weighted by Crippen LogP contribution is -2.45. The lowest BCUT2D eigenvalue weighted by molar-refractivity contribution is 0.0682. The maximum Gasteiger partial charge on any atom is 0.276 e. The average Bonchev–Trinajstić information content (AvgIpc) is 3.41. The highest BCUT2D eigenvalue weighted by atomic mass is 32.1. The molecule has 1 unspecified atom stereocenters. The molecule has 4 heterocycles. The number of thiazole rings is 1. The highest BCUT2D eigenvalue weighted by Gasteiger charge is 2.46. The Bertz CT molecular complexity index is 1410. The van der Waals surface area contributed by atoms with Crippen LogP contribution in [0.4, 0.5) is 16.8 Å². The van der Waals surface area contributed by atoms with E-state index in [9.17, 15) is 4.79 Å². The molecular weight excluding hydrogens is 500 g/mol. The van der Waals surface area contributed by atoms with Crippen molar-refractivity contribution < 1.29 is 9.53 Å². The summed E-state index contributed by atoms with van der Waals surface area (Å²) in [6, 6.07) is 6.22. The fraction of sp³-hybridized carbons (Fsp3) is 0.481. The Balaban J connectivity index is 1.15. The maximum absolute atomic E-state index is 13.4. The van der Waals surface area contributed by atoms with E-state index in [4.69, 9.17) is 21.9 Å². The number of hydrogen-bond donors (Lipinski definition) is 3. The molecule has 1 aliphatic carbocycles. The molecule has 200 valence electrons. The zero-order valence-electron chi connectivity index (χ0n) is 22.0. The Morgan fingerprint density at radius 3 is 2.66 bits per heavy atom. The fourth-order valence-electron chi connectivity index (χ4n) is 6.43. The van der Waals surface area contributed by atoms with E-state index in [1.165, 1.54) is 22.5 Å². The van der Waals surface area contributed by atoms with E-state index in [0.29, 0.717) is 24.0 Å². The van der Waals surface area contributed by atoms with Crippen LogP contribution < -0.4 is 26.8 Å². The smallest absolute Gasteiger partial charge is 0.276 e. The van der Waals surface area contributed by atoms with Crippen molar-refractivity contribution in [2.45, 2.75) is 51.1 Å². The van der Waals surface area contributed by atoms with Crippen LogP contribution in [-0.4, -0.2) is 52.5 Å². The van der Waals surface area contributed by atoms with E-state index in [1.54, 1.807) is 18.2 Å². The first-order valence-electron chi connectivity index (χ1n) is 12.9. The van der Waals surface area contributed by atoms with Crippen molar-refractivity contribution in [1.82, 2.24) is 19.9 Å². The van der Waals surface area contributed by atoms with Gasteiger partial charge in [-0.1, -0.05) is 19.9 Å². The molecule has 0 saturated carbocycles. The van der Waals surface area contributed by atoms with Crippen molar-refractivity contribution in [3.63, 3.8) is 0 Å². The Labute approximate surface area is 226 Å². The van der Waals surface area contributed by atoms with Gasteiger partial charge in [0.2, 0.25) is 0 Å². The van der Waals surface area contributed by atoms with Gasteiger partial charge >= 0.3 is 0 Å². The number of fused-ring (bicyclic) bond motifs is 2. The standard InChI is InChI=1S/C27H34N8O2S/c1-26(2)14-35(13-18-22(26)33-25(30)38-18)24(36)20-23(29)32-19(12-31-20)34-8-6-27(7-9-34)11-15-4-5-16(37-3)10-17(15)21(27)28/h4-5,10,12,21H,6-9,11,13-14,28H2,1-3H3,(H2,29,32)(H2,30,33). The normalized spacial score (nSPS) is 21.3. The van der Waals surface area contributed by atoms with Gasteiger partial charge in [0.1, 0.15) is 11.6 Å². The Hall–Kier alpha value is -3.44. The number of methoxy groups -OCH3 is 1. The first kappa shape index (κ1) is 24.9. The van der Waals surface area contributed by atoms with Crippen molar-refractivity contribution >= 4 is 34.0 Å². The van der Waals surface area contributed by atoms with Gasteiger partial charge in [0.05, 0.1) is 25.5 Å². The number of ether oxygens (including phenoxy) is 1. The van der Waals surface area contributed by atoms with Gasteiger partial charge in [-0.25, -0.2) is 15.0 Å². The first-order chi connectivity index (χ1) is 18.1. The van der Waals surface area contributed by atoms with Crippen LogP contribution in [0.25, 0.3) is 0 Å². The van der Waals surface area contributed by atoms with E-state index in [2.05, 4.69) is 45.8 Å². The zero-order chi connectivity index (χ0) is 26.8. The number of amides is 1. The van der Waals surface area contributed by atoms with Crippen LogP contribution in [-0.2, 0) is 18.4 Å². The molecule has 10 nitrogen and oxygen atoms in total.